The molecule has 0 unspecified atom stereocenters. The average Bonchev–Trinajstić information content (AvgIpc) is 2.25. The summed E-state index contributed by atoms with van der Waals surface area (Å²) in [5, 5.41) is 0. The Balaban J connectivity index is 2.57. The number of hydrogen-bond acceptors (Lipinski definition) is 3. The van der Waals surface area contributed by atoms with Gasteiger partial charge in [-0.2, -0.15) is 0 Å². The first-order valence-corrected chi connectivity index (χ1v) is 5.29. The van der Waals surface area contributed by atoms with Crippen molar-refractivity contribution < 1.29 is 9.53 Å². The van der Waals surface area contributed by atoms with E-state index in [1.54, 1.807) is 7.11 Å². The van der Waals surface area contributed by atoms with Crippen LogP contribution in [0.3, 0.4) is 0 Å². The molecule has 1 aliphatic heterocycles. The third-order valence-electron chi connectivity index (χ3n) is 2.80. The maximum absolute atomic E-state index is 11.6. The first-order chi connectivity index (χ1) is 7.19. The summed E-state index contributed by atoms with van der Waals surface area (Å²) in [6.45, 7) is 6.87. The van der Waals surface area contributed by atoms with Crippen LogP contribution in [0.5, 0.6) is 0 Å². The number of ether oxygens (including phenoxy) is 1. The van der Waals surface area contributed by atoms with E-state index in [-0.39, 0.29) is 11.9 Å². The van der Waals surface area contributed by atoms with Gasteiger partial charge in [0.1, 0.15) is 0 Å². The largest absolute Gasteiger partial charge is 0.385 e. The predicted octanol–water partition coefficient (Wildman–Crippen LogP) is 0.351. The van der Waals surface area contributed by atoms with E-state index in [1.165, 1.54) is 6.08 Å². The number of likely N-dealkylation sites (N-methyl/N-ethyl adjacent to an activating group) is 1. The monoisotopic (exact) mass is 212 g/mol. The second-order valence-electron chi connectivity index (χ2n) is 3.93. The number of carbonyl (C=O) groups is 1. The van der Waals surface area contributed by atoms with Crippen molar-refractivity contribution in [2.45, 2.75) is 12.5 Å². The highest BCUT2D eigenvalue weighted by Gasteiger charge is 2.27. The van der Waals surface area contributed by atoms with Gasteiger partial charge in [-0.05, 0) is 19.5 Å². The molecule has 1 saturated heterocycles. The van der Waals surface area contributed by atoms with Gasteiger partial charge in [-0.25, -0.2) is 0 Å². The van der Waals surface area contributed by atoms with Gasteiger partial charge in [0.05, 0.1) is 0 Å². The minimum absolute atomic E-state index is 0.0317. The summed E-state index contributed by atoms with van der Waals surface area (Å²) in [7, 11) is 3.77. The van der Waals surface area contributed by atoms with Crippen LogP contribution < -0.4 is 0 Å². The van der Waals surface area contributed by atoms with Crippen molar-refractivity contribution in [3.8, 4) is 0 Å². The van der Waals surface area contributed by atoms with Crippen molar-refractivity contribution in [1.82, 2.24) is 9.80 Å². The standard InChI is InChI=1S/C11H20N2O2/c1-4-11(14)13-7-6-12(2)9-10(13)5-8-15-3/h4,10H,1,5-9H2,2-3H3/t10-/m0/s1. The van der Waals surface area contributed by atoms with Gasteiger partial charge in [-0.3, -0.25) is 4.79 Å². The van der Waals surface area contributed by atoms with Crippen LogP contribution in [-0.4, -0.2) is 62.1 Å². The Kier molecular flexibility index (Phi) is 4.78. The van der Waals surface area contributed by atoms with Crippen LogP contribution in [0.15, 0.2) is 12.7 Å². The number of amides is 1. The second kappa shape index (κ2) is 5.88. The predicted molar refractivity (Wildman–Crippen MR) is 59.7 cm³/mol. The highest BCUT2D eigenvalue weighted by molar-refractivity contribution is 5.87. The summed E-state index contributed by atoms with van der Waals surface area (Å²) in [6, 6.07) is 0.259. The molecule has 4 nitrogen and oxygen atoms in total. The zero-order chi connectivity index (χ0) is 11.3. The molecule has 1 amide bonds. The van der Waals surface area contributed by atoms with E-state index in [0.29, 0.717) is 6.61 Å². The Morgan fingerprint density at radius 1 is 1.60 bits per heavy atom. The third-order valence-corrected chi connectivity index (χ3v) is 2.80. The molecular weight excluding hydrogens is 192 g/mol. The quantitative estimate of drug-likeness (QED) is 0.630. The molecule has 0 radical (unpaired) electrons. The highest BCUT2D eigenvalue weighted by atomic mass is 16.5. The molecule has 0 bridgehead atoms. The molecule has 86 valence electrons. The van der Waals surface area contributed by atoms with E-state index in [4.69, 9.17) is 4.74 Å². The molecule has 1 heterocycles. The van der Waals surface area contributed by atoms with Gasteiger partial charge in [0.15, 0.2) is 0 Å². The summed E-state index contributed by atoms with van der Waals surface area (Å²) in [6.07, 6.45) is 2.28. The van der Waals surface area contributed by atoms with Gasteiger partial charge in [0.2, 0.25) is 5.91 Å². The first-order valence-electron chi connectivity index (χ1n) is 5.29. The zero-order valence-corrected chi connectivity index (χ0v) is 9.61. The molecule has 0 aromatic carbocycles. The molecule has 0 spiro atoms. The van der Waals surface area contributed by atoms with Crippen molar-refractivity contribution in [3.05, 3.63) is 12.7 Å². The van der Waals surface area contributed by atoms with E-state index in [9.17, 15) is 4.79 Å². The van der Waals surface area contributed by atoms with Crippen LogP contribution in [0.25, 0.3) is 0 Å². The van der Waals surface area contributed by atoms with Gasteiger partial charge < -0.3 is 14.5 Å². The maximum atomic E-state index is 11.6. The fourth-order valence-corrected chi connectivity index (χ4v) is 1.92. The molecule has 1 aliphatic rings. The maximum Gasteiger partial charge on any atom is 0.246 e. The van der Waals surface area contributed by atoms with Gasteiger partial charge in [-0.15, -0.1) is 0 Å². The molecule has 15 heavy (non-hydrogen) atoms. The Morgan fingerprint density at radius 3 is 2.93 bits per heavy atom. The highest BCUT2D eigenvalue weighted by Crippen LogP contribution is 2.12. The lowest BCUT2D eigenvalue weighted by Gasteiger charge is -2.39. The first kappa shape index (κ1) is 12.2. The smallest absolute Gasteiger partial charge is 0.246 e. The van der Waals surface area contributed by atoms with Crippen LogP contribution in [0.4, 0.5) is 0 Å². The van der Waals surface area contributed by atoms with Crippen LogP contribution in [0.2, 0.25) is 0 Å². The van der Waals surface area contributed by atoms with Crippen molar-refractivity contribution in [2.24, 2.45) is 0 Å². The Bertz CT molecular complexity index is 231. The lowest BCUT2D eigenvalue weighted by Crippen LogP contribution is -2.53. The fraction of sp³-hybridized carbons (Fsp3) is 0.727. The number of nitrogens with zero attached hydrogens (tertiary/aromatic N) is 2. The molecule has 0 aromatic rings. The SMILES string of the molecule is C=CC(=O)N1CCN(C)C[C@@H]1CCOC. The number of methoxy groups -OCH3 is 1. The van der Waals surface area contributed by atoms with Crippen molar-refractivity contribution in [2.75, 3.05) is 40.4 Å². The molecule has 0 N–H and O–H groups in total. The fourth-order valence-electron chi connectivity index (χ4n) is 1.92. The van der Waals surface area contributed by atoms with Gasteiger partial charge in [0, 0.05) is 39.4 Å². The minimum Gasteiger partial charge on any atom is -0.385 e. The number of hydrogen-bond donors (Lipinski definition) is 0. The van der Waals surface area contributed by atoms with E-state index in [0.717, 1.165) is 26.1 Å². The summed E-state index contributed by atoms with van der Waals surface area (Å²) in [5.41, 5.74) is 0. The van der Waals surface area contributed by atoms with Crippen LogP contribution >= 0.6 is 0 Å². The summed E-state index contributed by atoms with van der Waals surface area (Å²) in [5.74, 6) is 0.0317. The van der Waals surface area contributed by atoms with E-state index >= 15 is 0 Å². The molecule has 0 saturated carbocycles. The summed E-state index contributed by atoms with van der Waals surface area (Å²) >= 11 is 0. The number of piperazine rings is 1. The van der Waals surface area contributed by atoms with Crippen molar-refractivity contribution in [3.63, 3.8) is 0 Å². The van der Waals surface area contributed by atoms with Crippen LogP contribution in [0.1, 0.15) is 6.42 Å². The van der Waals surface area contributed by atoms with Crippen LogP contribution in [-0.2, 0) is 9.53 Å². The summed E-state index contributed by atoms with van der Waals surface area (Å²) in [4.78, 5) is 15.7. The normalized spacial score (nSPS) is 22.8. The van der Waals surface area contributed by atoms with E-state index < -0.39 is 0 Å². The molecule has 0 aliphatic carbocycles. The second-order valence-corrected chi connectivity index (χ2v) is 3.93. The van der Waals surface area contributed by atoms with Crippen molar-refractivity contribution >= 4 is 5.91 Å². The summed E-state index contributed by atoms with van der Waals surface area (Å²) < 4.78 is 5.06. The Morgan fingerprint density at radius 2 is 2.33 bits per heavy atom. The van der Waals surface area contributed by atoms with E-state index in [2.05, 4.69) is 18.5 Å². The van der Waals surface area contributed by atoms with Gasteiger partial charge in [0.25, 0.3) is 0 Å². The molecule has 1 rings (SSSR count). The molecule has 1 atom stereocenters. The Labute approximate surface area is 91.5 Å². The molecule has 0 aromatic heterocycles. The number of rotatable bonds is 4. The molecule has 4 heteroatoms. The van der Waals surface area contributed by atoms with Gasteiger partial charge >= 0.3 is 0 Å². The zero-order valence-electron chi connectivity index (χ0n) is 9.61. The lowest BCUT2D eigenvalue weighted by atomic mass is 10.1. The van der Waals surface area contributed by atoms with Crippen molar-refractivity contribution in [1.29, 1.82) is 0 Å². The van der Waals surface area contributed by atoms with Crippen LogP contribution in [0, 0.1) is 0 Å². The third kappa shape index (κ3) is 3.32. The lowest BCUT2D eigenvalue weighted by molar-refractivity contribution is -0.131. The number of carbonyl (C=O) groups excluding carboxylic acids is 1. The minimum atomic E-state index is 0.0317. The topological polar surface area (TPSA) is 32.8 Å². The average molecular weight is 212 g/mol. The van der Waals surface area contributed by atoms with E-state index in [1.807, 2.05) is 4.90 Å². The molecule has 1 fully saturated rings. The molecular formula is C11H20N2O2. The Hall–Kier alpha value is -0.870. The van der Waals surface area contributed by atoms with Gasteiger partial charge in [-0.1, -0.05) is 6.58 Å².